The van der Waals surface area contributed by atoms with Crippen LogP contribution in [0.25, 0.3) is 0 Å². The largest absolute Gasteiger partial charge is 0.334 e. The van der Waals surface area contributed by atoms with Crippen LogP contribution < -0.4 is 11.3 Å². The van der Waals surface area contributed by atoms with Crippen LogP contribution in [-0.4, -0.2) is 9.55 Å². The maximum absolute atomic E-state index is 5.72. The SMILES string of the molecule is CCn1ccnc1C(NN)c1ccc(C)cc1C. The van der Waals surface area contributed by atoms with E-state index < -0.39 is 0 Å². The Morgan fingerprint density at radius 2 is 2.17 bits per heavy atom. The highest BCUT2D eigenvalue weighted by Crippen LogP contribution is 2.23. The number of hydrogen-bond acceptors (Lipinski definition) is 3. The molecule has 2 rings (SSSR count). The number of benzene rings is 1. The smallest absolute Gasteiger partial charge is 0.131 e. The molecule has 4 nitrogen and oxygen atoms in total. The topological polar surface area (TPSA) is 55.9 Å². The molecule has 0 aliphatic rings. The van der Waals surface area contributed by atoms with Crippen LogP contribution in [0.3, 0.4) is 0 Å². The minimum absolute atomic E-state index is 0.0689. The number of hydrazine groups is 1. The molecule has 0 radical (unpaired) electrons. The van der Waals surface area contributed by atoms with Gasteiger partial charge in [-0.15, -0.1) is 0 Å². The van der Waals surface area contributed by atoms with Gasteiger partial charge in [-0.05, 0) is 31.9 Å². The van der Waals surface area contributed by atoms with E-state index in [2.05, 4.69) is 53.9 Å². The molecule has 1 aromatic carbocycles. The summed E-state index contributed by atoms with van der Waals surface area (Å²) in [5, 5.41) is 0. The normalized spacial score (nSPS) is 12.7. The van der Waals surface area contributed by atoms with Gasteiger partial charge in [-0.25, -0.2) is 10.4 Å². The quantitative estimate of drug-likeness (QED) is 0.639. The third kappa shape index (κ3) is 2.30. The highest BCUT2D eigenvalue weighted by molar-refractivity contribution is 5.35. The fourth-order valence-corrected chi connectivity index (χ4v) is 2.30. The lowest BCUT2D eigenvalue weighted by Gasteiger charge is -2.19. The molecule has 0 saturated carbocycles. The number of nitrogens with one attached hydrogen (secondary N) is 1. The van der Waals surface area contributed by atoms with E-state index in [-0.39, 0.29) is 6.04 Å². The third-order valence-electron chi connectivity index (χ3n) is 3.25. The third-order valence-corrected chi connectivity index (χ3v) is 3.25. The van der Waals surface area contributed by atoms with E-state index in [1.165, 1.54) is 16.7 Å². The molecule has 0 saturated heterocycles. The van der Waals surface area contributed by atoms with Crippen LogP contribution in [0, 0.1) is 13.8 Å². The second-order valence-corrected chi connectivity index (χ2v) is 4.53. The van der Waals surface area contributed by atoms with Crippen LogP contribution in [0.5, 0.6) is 0 Å². The summed E-state index contributed by atoms with van der Waals surface area (Å²) in [6.07, 6.45) is 3.79. The van der Waals surface area contributed by atoms with Crippen molar-refractivity contribution in [2.45, 2.75) is 33.4 Å². The summed E-state index contributed by atoms with van der Waals surface area (Å²) in [5.41, 5.74) is 6.52. The summed E-state index contributed by atoms with van der Waals surface area (Å²) in [4.78, 5) is 4.42. The molecule has 0 fully saturated rings. The molecule has 2 aromatic rings. The molecule has 1 heterocycles. The molecular weight excluding hydrogens is 224 g/mol. The first-order valence-corrected chi connectivity index (χ1v) is 6.21. The molecule has 4 heteroatoms. The van der Waals surface area contributed by atoms with Crippen molar-refractivity contribution < 1.29 is 0 Å². The minimum Gasteiger partial charge on any atom is -0.334 e. The highest BCUT2D eigenvalue weighted by atomic mass is 15.3. The number of aromatic nitrogens is 2. The molecular formula is C14H20N4. The zero-order chi connectivity index (χ0) is 13.1. The lowest BCUT2D eigenvalue weighted by atomic mass is 9.99. The van der Waals surface area contributed by atoms with Crippen molar-refractivity contribution in [2.75, 3.05) is 0 Å². The average Bonchev–Trinajstić information content (AvgIpc) is 2.81. The Balaban J connectivity index is 2.45. The molecule has 1 aromatic heterocycles. The Bertz CT molecular complexity index is 530. The summed E-state index contributed by atoms with van der Waals surface area (Å²) in [6, 6.07) is 6.31. The van der Waals surface area contributed by atoms with E-state index in [1.807, 2.05) is 12.4 Å². The van der Waals surface area contributed by atoms with Crippen LogP contribution in [0.1, 0.15) is 35.5 Å². The summed E-state index contributed by atoms with van der Waals surface area (Å²) < 4.78 is 2.10. The van der Waals surface area contributed by atoms with Gasteiger partial charge in [0.2, 0.25) is 0 Å². The van der Waals surface area contributed by atoms with Gasteiger partial charge in [0.15, 0.2) is 0 Å². The fourth-order valence-electron chi connectivity index (χ4n) is 2.30. The van der Waals surface area contributed by atoms with E-state index in [0.29, 0.717) is 0 Å². The van der Waals surface area contributed by atoms with Crippen molar-refractivity contribution >= 4 is 0 Å². The Morgan fingerprint density at radius 3 is 2.78 bits per heavy atom. The van der Waals surface area contributed by atoms with Crippen molar-refractivity contribution in [3.05, 3.63) is 53.1 Å². The first kappa shape index (κ1) is 12.8. The zero-order valence-corrected chi connectivity index (χ0v) is 11.1. The standard InChI is InChI=1S/C14H20N4/c1-4-18-8-7-16-14(18)13(17-15)12-6-5-10(2)9-11(12)3/h5-9,13,17H,4,15H2,1-3H3. The molecule has 1 unspecified atom stereocenters. The van der Waals surface area contributed by atoms with Gasteiger partial charge >= 0.3 is 0 Å². The number of aryl methyl sites for hydroxylation is 3. The van der Waals surface area contributed by atoms with Crippen LogP contribution in [0.4, 0.5) is 0 Å². The lowest BCUT2D eigenvalue weighted by molar-refractivity contribution is 0.559. The predicted molar refractivity (Wildman–Crippen MR) is 73.0 cm³/mol. The van der Waals surface area contributed by atoms with Crippen molar-refractivity contribution in [1.29, 1.82) is 0 Å². The Labute approximate surface area is 108 Å². The van der Waals surface area contributed by atoms with Crippen molar-refractivity contribution in [3.8, 4) is 0 Å². The summed E-state index contributed by atoms with van der Waals surface area (Å²) in [6.45, 7) is 7.18. The van der Waals surface area contributed by atoms with E-state index >= 15 is 0 Å². The summed E-state index contributed by atoms with van der Waals surface area (Å²) in [5.74, 6) is 6.67. The number of nitrogens with zero attached hydrogens (tertiary/aromatic N) is 2. The minimum atomic E-state index is -0.0689. The van der Waals surface area contributed by atoms with Gasteiger partial charge in [-0.2, -0.15) is 0 Å². The van der Waals surface area contributed by atoms with Gasteiger partial charge in [0.05, 0.1) is 0 Å². The predicted octanol–water partition coefficient (Wildman–Crippen LogP) is 2.07. The first-order chi connectivity index (χ1) is 8.67. The number of rotatable bonds is 4. The molecule has 3 N–H and O–H groups in total. The molecule has 0 spiro atoms. The van der Waals surface area contributed by atoms with Gasteiger partial charge in [-0.3, -0.25) is 5.84 Å². The molecule has 0 amide bonds. The Morgan fingerprint density at radius 1 is 1.39 bits per heavy atom. The van der Waals surface area contributed by atoms with Gasteiger partial charge in [0, 0.05) is 18.9 Å². The average molecular weight is 244 g/mol. The van der Waals surface area contributed by atoms with E-state index in [4.69, 9.17) is 5.84 Å². The molecule has 0 aliphatic heterocycles. The van der Waals surface area contributed by atoms with Gasteiger partial charge in [-0.1, -0.05) is 23.8 Å². The van der Waals surface area contributed by atoms with Crippen molar-refractivity contribution in [2.24, 2.45) is 5.84 Å². The Kier molecular flexibility index (Phi) is 3.79. The second kappa shape index (κ2) is 5.33. The Hall–Kier alpha value is -1.65. The number of imidazole rings is 1. The van der Waals surface area contributed by atoms with Crippen LogP contribution in [-0.2, 0) is 6.54 Å². The molecule has 0 bridgehead atoms. The zero-order valence-electron chi connectivity index (χ0n) is 11.1. The van der Waals surface area contributed by atoms with Crippen molar-refractivity contribution in [3.63, 3.8) is 0 Å². The molecule has 1 atom stereocenters. The summed E-state index contributed by atoms with van der Waals surface area (Å²) >= 11 is 0. The second-order valence-electron chi connectivity index (χ2n) is 4.53. The fraction of sp³-hybridized carbons (Fsp3) is 0.357. The first-order valence-electron chi connectivity index (χ1n) is 6.21. The monoisotopic (exact) mass is 244 g/mol. The van der Waals surface area contributed by atoms with Gasteiger partial charge in [0.1, 0.15) is 11.9 Å². The molecule has 96 valence electrons. The molecule has 0 aliphatic carbocycles. The van der Waals surface area contributed by atoms with Crippen LogP contribution in [0.2, 0.25) is 0 Å². The van der Waals surface area contributed by atoms with Crippen LogP contribution in [0.15, 0.2) is 30.6 Å². The van der Waals surface area contributed by atoms with Gasteiger partial charge in [0.25, 0.3) is 0 Å². The van der Waals surface area contributed by atoms with E-state index in [0.717, 1.165) is 12.4 Å². The van der Waals surface area contributed by atoms with E-state index in [9.17, 15) is 0 Å². The maximum Gasteiger partial charge on any atom is 0.131 e. The van der Waals surface area contributed by atoms with Crippen molar-refractivity contribution in [1.82, 2.24) is 15.0 Å². The summed E-state index contributed by atoms with van der Waals surface area (Å²) in [7, 11) is 0. The molecule has 18 heavy (non-hydrogen) atoms. The van der Waals surface area contributed by atoms with E-state index in [1.54, 1.807) is 0 Å². The highest BCUT2D eigenvalue weighted by Gasteiger charge is 2.18. The number of hydrogen-bond donors (Lipinski definition) is 2. The number of nitrogens with two attached hydrogens (primary N) is 1. The lowest BCUT2D eigenvalue weighted by Crippen LogP contribution is -2.31. The van der Waals surface area contributed by atoms with Crippen LogP contribution >= 0.6 is 0 Å². The maximum atomic E-state index is 5.72. The van der Waals surface area contributed by atoms with Gasteiger partial charge < -0.3 is 4.57 Å².